The minimum Gasteiger partial charge on any atom is -0.350 e. The molecule has 4 heteroatoms. The number of likely N-dealkylation sites (tertiary alicyclic amines) is 1. The van der Waals surface area contributed by atoms with Crippen LogP contribution in [-0.2, 0) is 16.0 Å². The van der Waals surface area contributed by atoms with Crippen molar-refractivity contribution >= 4 is 11.8 Å². The van der Waals surface area contributed by atoms with E-state index in [1.54, 1.807) is 0 Å². The average Bonchev–Trinajstić information content (AvgIpc) is 2.99. The number of hydrogen-bond donors (Lipinski definition) is 1. The number of hydrogen-bond acceptors (Lipinski definition) is 2. The van der Waals surface area contributed by atoms with Gasteiger partial charge in [0.05, 0.1) is 5.92 Å². The van der Waals surface area contributed by atoms with Gasteiger partial charge in [-0.15, -0.1) is 0 Å². The van der Waals surface area contributed by atoms with Crippen LogP contribution >= 0.6 is 0 Å². The summed E-state index contributed by atoms with van der Waals surface area (Å²) in [7, 11) is 0. The summed E-state index contributed by atoms with van der Waals surface area (Å²) in [6.07, 6.45) is 8.01. The van der Waals surface area contributed by atoms with Crippen molar-refractivity contribution in [3.63, 3.8) is 0 Å². The van der Waals surface area contributed by atoms with Crippen molar-refractivity contribution in [2.24, 2.45) is 5.92 Å². The molecule has 2 aliphatic carbocycles. The number of benzene rings is 1. The number of nitrogens with one attached hydrogen (secondary N) is 1. The SMILES string of the molecule is Cc1cccc(CC2(NC(=O)[C@@H]3CC(=O)N(C4CCCC4)C3)CC2)c1. The van der Waals surface area contributed by atoms with Crippen LogP contribution in [0.3, 0.4) is 0 Å². The van der Waals surface area contributed by atoms with Crippen molar-refractivity contribution in [3.05, 3.63) is 35.4 Å². The summed E-state index contributed by atoms with van der Waals surface area (Å²) < 4.78 is 0. The number of aryl methyl sites for hydroxylation is 1. The van der Waals surface area contributed by atoms with E-state index in [0.717, 1.165) is 32.1 Å². The van der Waals surface area contributed by atoms with Gasteiger partial charge in [0.1, 0.15) is 0 Å². The fourth-order valence-corrected chi connectivity index (χ4v) is 4.55. The van der Waals surface area contributed by atoms with Crippen LogP contribution in [0, 0.1) is 12.8 Å². The lowest BCUT2D eigenvalue weighted by Gasteiger charge is -2.24. The van der Waals surface area contributed by atoms with Crippen LogP contribution in [0.4, 0.5) is 0 Å². The number of amides is 2. The molecule has 0 bridgehead atoms. The number of nitrogens with zero attached hydrogens (tertiary/aromatic N) is 1. The molecule has 2 amide bonds. The van der Waals surface area contributed by atoms with Gasteiger partial charge in [0, 0.05) is 24.5 Å². The van der Waals surface area contributed by atoms with Gasteiger partial charge in [0.2, 0.25) is 11.8 Å². The molecule has 3 aliphatic rings. The first-order valence-electron chi connectivity index (χ1n) is 9.72. The fraction of sp³-hybridized carbons (Fsp3) is 0.619. The van der Waals surface area contributed by atoms with Crippen molar-refractivity contribution in [1.29, 1.82) is 0 Å². The van der Waals surface area contributed by atoms with Gasteiger partial charge in [0.15, 0.2) is 0 Å². The van der Waals surface area contributed by atoms with E-state index in [0.29, 0.717) is 19.0 Å². The molecule has 2 saturated carbocycles. The van der Waals surface area contributed by atoms with Gasteiger partial charge >= 0.3 is 0 Å². The molecule has 4 rings (SSSR count). The van der Waals surface area contributed by atoms with Crippen LogP contribution in [0.25, 0.3) is 0 Å². The Labute approximate surface area is 150 Å². The molecule has 1 aromatic rings. The van der Waals surface area contributed by atoms with Gasteiger partial charge in [-0.05, 0) is 44.6 Å². The molecule has 1 atom stereocenters. The highest BCUT2D eigenvalue weighted by molar-refractivity contribution is 5.90. The zero-order chi connectivity index (χ0) is 17.4. The Hall–Kier alpha value is -1.84. The van der Waals surface area contributed by atoms with Crippen LogP contribution in [0.2, 0.25) is 0 Å². The summed E-state index contributed by atoms with van der Waals surface area (Å²) in [4.78, 5) is 27.1. The summed E-state index contributed by atoms with van der Waals surface area (Å²) in [5.41, 5.74) is 2.47. The predicted molar refractivity (Wildman–Crippen MR) is 97.1 cm³/mol. The molecule has 25 heavy (non-hydrogen) atoms. The molecule has 1 heterocycles. The van der Waals surface area contributed by atoms with Gasteiger partial charge < -0.3 is 10.2 Å². The smallest absolute Gasteiger partial charge is 0.225 e. The molecular weight excluding hydrogens is 312 g/mol. The Kier molecular flexibility index (Phi) is 4.30. The molecule has 1 saturated heterocycles. The third-order valence-electron chi connectivity index (χ3n) is 6.16. The van der Waals surface area contributed by atoms with E-state index in [4.69, 9.17) is 0 Å². The van der Waals surface area contributed by atoms with Gasteiger partial charge in [-0.25, -0.2) is 0 Å². The zero-order valence-corrected chi connectivity index (χ0v) is 15.1. The minimum absolute atomic E-state index is 0.0747. The van der Waals surface area contributed by atoms with Crippen molar-refractivity contribution in [2.75, 3.05) is 6.54 Å². The topological polar surface area (TPSA) is 49.4 Å². The molecule has 1 aromatic carbocycles. The average molecular weight is 340 g/mol. The van der Waals surface area contributed by atoms with Gasteiger partial charge in [0.25, 0.3) is 0 Å². The lowest BCUT2D eigenvalue weighted by molar-refractivity contribution is -0.130. The van der Waals surface area contributed by atoms with Gasteiger partial charge in [-0.3, -0.25) is 9.59 Å². The van der Waals surface area contributed by atoms with E-state index in [-0.39, 0.29) is 23.3 Å². The Morgan fingerprint density at radius 3 is 2.72 bits per heavy atom. The van der Waals surface area contributed by atoms with Crippen LogP contribution in [-0.4, -0.2) is 34.8 Å². The lowest BCUT2D eigenvalue weighted by Crippen LogP contribution is -2.43. The molecule has 1 aliphatic heterocycles. The minimum atomic E-state index is -0.164. The second-order valence-electron chi connectivity index (χ2n) is 8.32. The molecular formula is C21H28N2O2. The molecule has 0 spiro atoms. The van der Waals surface area contributed by atoms with Crippen LogP contribution in [0.15, 0.2) is 24.3 Å². The van der Waals surface area contributed by atoms with Crippen LogP contribution < -0.4 is 5.32 Å². The Morgan fingerprint density at radius 2 is 2.04 bits per heavy atom. The molecule has 3 fully saturated rings. The summed E-state index contributed by atoms with van der Waals surface area (Å²) in [5.74, 6) is 0.0951. The highest BCUT2D eigenvalue weighted by Crippen LogP contribution is 2.39. The first-order valence-corrected chi connectivity index (χ1v) is 9.72. The van der Waals surface area contributed by atoms with E-state index in [2.05, 4.69) is 36.5 Å². The summed E-state index contributed by atoms with van der Waals surface area (Å²) in [6, 6.07) is 8.90. The monoisotopic (exact) mass is 340 g/mol. The van der Waals surface area contributed by atoms with Crippen molar-refractivity contribution in [3.8, 4) is 0 Å². The lowest BCUT2D eigenvalue weighted by atomic mass is 10.0. The maximum absolute atomic E-state index is 12.8. The largest absolute Gasteiger partial charge is 0.350 e. The molecule has 134 valence electrons. The van der Waals surface area contributed by atoms with E-state index >= 15 is 0 Å². The second kappa shape index (κ2) is 6.47. The zero-order valence-electron chi connectivity index (χ0n) is 15.1. The summed E-state index contributed by atoms with van der Waals surface area (Å²) in [5, 5.41) is 3.29. The molecule has 0 radical (unpaired) electrons. The quantitative estimate of drug-likeness (QED) is 0.896. The maximum atomic E-state index is 12.8. The Balaban J connectivity index is 1.36. The summed E-state index contributed by atoms with van der Waals surface area (Å²) in [6.45, 7) is 2.72. The number of carbonyl (C=O) groups excluding carboxylic acids is 2. The first-order chi connectivity index (χ1) is 12.0. The molecule has 4 nitrogen and oxygen atoms in total. The second-order valence-corrected chi connectivity index (χ2v) is 8.32. The normalized spacial score (nSPS) is 25.4. The highest BCUT2D eigenvalue weighted by Gasteiger charge is 2.46. The number of rotatable bonds is 5. The molecule has 1 N–H and O–H groups in total. The van der Waals surface area contributed by atoms with Crippen LogP contribution in [0.1, 0.15) is 56.1 Å². The standard InChI is InChI=1S/C21H28N2O2/c1-15-5-4-6-16(11-15)13-21(9-10-21)22-20(25)17-12-19(24)23(14-17)18-7-2-3-8-18/h4-6,11,17-18H,2-3,7-10,12-14H2,1H3,(H,22,25)/t17-/m1/s1. The fourth-order valence-electron chi connectivity index (χ4n) is 4.55. The number of carbonyl (C=O) groups is 2. The van der Waals surface area contributed by atoms with E-state index < -0.39 is 0 Å². The van der Waals surface area contributed by atoms with Crippen LogP contribution in [0.5, 0.6) is 0 Å². The van der Waals surface area contributed by atoms with E-state index in [9.17, 15) is 9.59 Å². The summed E-state index contributed by atoms with van der Waals surface area (Å²) >= 11 is 0. The van der Waals surface area contributed by atoms with Gasteiger partial charge in [-0.2, -0.15) is 0 Å². The van der Waals surface area contributed by atoms with E-state index in [1.165, 1.54) is 24.0 Å². The van der Waals surface area contributed by atoms with Crippen molar-refractivity contribution in [2.45, 2.75) is 69.9 Å². The predicted octanol–water partition coefficient (Wildman–Crippen LogP) is 2.98. The Bertz CT molecular complexity index is 674. The molecule has 0 unspecified atom stereocenters. The van der Waals surface area contributed by atoms with E-state index in [1.807, 2.05) is 4.90 Å². The van der Waals surface area contributed by atoms with Crippen molar-refractivity contribution < 1.29 is 9.59 Å². The maximum Gasteiger partial charge on any atom is 0.225 e. The third kappa shape index (κ3) is 3.58. The molecule has 0 aromatic heterocycles. The van der Waals surface area contributed by atoms with Gasteiger partial charge in [-0.1, -0.05) is 42.7 Å². The highest BCUT2D eigenvalue weighted by atomic mass is 16.2. The third-order valence-corrected chi connectivity index (χ3v) is 6.16. The van der Waals surface area contributed by atoms with Crippen molar-refractivity contribution in [1.82, 2.24) is 10.2 Å². The Morgan fingerprint density at radius 1 is 1.28 bits per heavy atom. The first kappa shape index (κ1) is 16.6.